The molecule has 1 aromatic heterocycles. The standard InChI is InChI=1S/C13H15N5O3S/c1-13(2,3)11-15-16-12(22)17(11)14-7-8-4-5-10(19)9(6-8)18(20)21/h4-7,19H,1-3H3,(H,16,22)/p-1/b14-7-. The van der Waals surface area contributed by atoms with Crippen LogP contribution in [0.15, 0.2) is 23.3 Å². The summed E-state index contributed by atoms with van der Waals surface area (Å²) >= 11 is 5.12. The van der Waals surface area contributed by atoms with Crippen molar-refractivity contribution in [1.29, 1.82) is 0 Å². The molecule has 0 amide bonds. The van der Waals surface area contributed by atoms with Gasteiger partial charge >= 0.3 is 0 Å². The van der Waals surface area contributed by atoms with E-state index in [-0.39, 0.29) is 5.41 Å². The molecule has 0 bridgehead atoms. The van der Waals surface area contributed by atoms with Crippen molar-refractivity contribution < 1.29 is 10.0 Å². The minimum atomic E-state index is -0.718. The number of hydrogen-bond donors (Lipinski definition) is 1. The lowest BCUT2D eigenvalue weighted by atomic mass is 9.96. The molecule has 0 saturated heterocycles. The van der Waals surface area contributed by atoms with Crippen LogP contribution in [0.4, 0.5) is 5.69 Å². The first-order valence-corrected chi connectivity index (χ1v) is 6.78. The van der Waals surface area contributed by atoms with E-state index in [0.29, 0.717) is 16.2 Å². The topological polar surface area (TPSA) is 112 Å². The lowest BCUT2D eigenvalue weighted by Crippen LogP contribution is -2.17. The van der Waals surface area contributed by atoms with E-state index in [1.165, 1.54) is 23.0 Å². The zero-order chi connectivity index (χ0) is 16.5. The third-order valence-electron chi connectivity index (χ3n) is 2.82. The second-order valence-corrected chi connectivity index (χ2v) is 6.03. The summed E-state index contributed by atoms with van der Waals surface area (Å²) in [5.41, 5.74) is -0.347. The van der Waals surface area contributed by atoms with Gasteiger partial charge in [-0.2, -0.15) is 14.9 Å². The van der Waals surface area contributed by atoms with Crippen LogP contribution in [0.2, 0.25) is 0 Å². The fourth-order valence-corrected chi connectivity index (χ4v) is 1.95. The Hall–Kier alpha value is -2.55. The molecule has 0 aliphatic rings. The first-order chi connectivity index (χ1) is 10.2. The van der Waals surface area contributed by atoms with Crippen LogP contribution >= 0.6 is 12.2 Å². The van der Waals surface area contributed by atoms with Crippen molar-refractivity contribution in [1.82, 2.24) is 14.9 Å². The van der Waals surface area contributed by atoms with E-state index in [4.69, 9.17) is 12.2 Å². The summed E-state index contributed by atoms with van der Waals surface area (Å²) in [7, 11) is 0. The van der Waals surface area contributed by atoms with Gasteiger partial charge in [0, 0.05) is 17.0 Å². The molecule has 1 N–H and O–H groups in total. The average Bonchev–Trinajstić information content (AvgIpc) is 2.78. The third kappa shape index (κ3) is 3.19. The van der Waals surface area contributed by atoms with Crippen molar-refractivity contribution in [2.45, 2.75) is 26.2 Å². The van der Waals surface area contributed by atoms with Gasteiger partial charge in [0.05, 0.1) is 11.1 Å². The highest BCUT2D eigenvalue weighted by Gasteiger charge is 2.21. The van der Waals surface area contributed by atoms with Gasteiger partial charge in [-0.25, -0.2) is 0 Å². The van der Waals surface area contributed by atoms with E-state index in [0.717, 1.165) is 6.07 Å². The smallest absolute Gasteiger partial charge is 0.262 e. The van der Waals surface area contributed by atoms with Crippen LogP contribution in [0.3, 0.4) is 0 Å². The van der Waals surface area contributed by atoms with E-state index < -0.39 is 16.4 Å². The van der Waals surface area contributed by atoms with Gasteiger partial charge in [0.1, 0.15) is 0 Å². The van der Waals surface area contributed by atoms with Crippen molar-refractivity contribution in [3.05, 3.63) is 44.5 Å². The third-order valence-corrected chi connectivity index (χ3v) is 3.09. The van der Waals surface area contributed by atoms with Crippen molar-refractivity contribution in [3.63, 3.8) is 0 Å². The summed E-state index contributed by atoms with van der Waals surface area (Å²) in [4.78, 5) is 10.1. The molecule has 2 aromatic rings. The van der Waals surface area contributed by atoms with Crippen LogP contribution in [0, 0.1) is 14.9 Å². The molecule has 0 atom stereocenters. The number of hydrogen-bond acceptors (Lipinski definition) is 6. The molecule has 8 nitrogen and oxygen atoms in total. The Bertz CT molecular complexity index is 801. The molecule has 0 aliphatic heterocycles. The molecular weight excluding hydrogens is 306 g/mol. The van der Waals surface area contributed by atoms with Gasteiger partial charge in [-0.15, -0.1) is 0 Å². The highest BCUT2D eigenvalue weighted by atomic mass is 32.1. The highest BCUT2D eigenvalue weighted by Crippen LogP contribution is 2.23. The predicted molar refractivity (Wildman–Crippen MR) is 81.6 cm³/mol. The maximum atomic E-state index is 11.4. The summed E-state index contributed by atoms with van der Waals surface area (Å²) in [5, 5.41) is 33.1. The molecule has 0 saturated carbocycles. The molecule has 1 heterocycles. The normalized spacial score (nSPS) is 12.0. The number of H-pyrrole nitrogens is 1. The van der Waals surface area contributed by atoms with Crippen molar-refractivity contribution in [2.75, 3.05) is 0 Å². The van der Waals surface area contributed by atoms with Crippen LogP contribution < -0.4 is 5.11 Å². The maximum Gasteiger partial charge on any atom is 0.262 e. The van der Waals surface area contributed by atoms with E-state index in [2.05, 4.69) is 15.3 Å². The Morgan fingerprint density at radius 2 is 2.14 bits per heavy atom. The minimum Gasteiger partial charge on any atom is -0.868 e. The molecule has 116 valence electrons. The predicted octanol–water partition coefficient (Wildman–Crippen LogP) is 2.10. The van der Waals surface area contributed by atoms with Crippen LogP contribution in [0.1, 0.15) is 32.2 Å². The minimum absolute atomic E-state index is 0.282. The van der Waals surface area contributed by atoms with E-state index >= 15 is 0 Å². The van der Waals surface area contributed by atoms with Crippen LogP contribution in [-0.2, 0) is 5.41 Å². The first kappa shape index (κ1) is 15.8. The van der Waals surface area contributed by atoms with Gasteiger partial charge in [-0.05, 0) is 18.0 Å². The molecule has 2 rings (SSSR count). The zero-order valence-corrected chi connectivity index (χ0v) is 13.0. The molecule has 0 aliphatic carbocycles. The van der Waals surface area contributed by atoms with Crippen LogP contribution in [-0.4, -0.2) is 26.0 Å². The molecule has 1 aromatic carbocycles. The zero-order valence-electron chi connectivity index (χ0n) is 12.2. The second-order valence-electron chi connectivity index (χ2n) is 5.64. The summed E-state index contributed by atoms with van der Waals surface area (Å²) in [6, 6.07) is 3.77. The summed E-state index contributed by atoms with van der Waals surface area (Å²) < 4.78 is 1.77. The Balaban J connectivity index is 2.42. The molecule has 0 unspecified atom stereocenters. The van der Waals surface area contributed by atoms with Crippen molar-refractivity contribution >= 4 is 24.1 Å². The number of aromatic amines is 1. The Morgan fingerprint density at radius 1 is 1.45 bits per heavy atom. The summed E-state index contributed by atoms with van der Waals surface area (Å²) in [6.07, 6.45) is 1.40. The van der Waals surface area contributed by atoms with Crippen LogP contribution in [0.25, 0.3) is 0 Å². The SMILES string of the molecule is CC(C)(C)c1n[nH]c(=S)n1/N=C\c1ccc([O-])c([N+](=O)[O-])c1. The average molecular weight is 320 g/mol. The number of nitrogens with zero attached hydrogens (tertiary/aromatic N) is 4. The molecule has 0 radical (unpaired) electrons. The Labute approximate surface area is 131 Å². The van der Waals surface area contributed by atoms with Gasteiger partial charge in [-0.1, -0.05) is 32.9 Å². The van der Waals surface area contributed by atoms with Crippen molar-refractivity contribution in [3.8, 4) is 5.75 Å². The maximum absolute atomic E-state index is 11.4. The van der Waals surface area contributed by atoms with Gasteiger partial charge in [0.25, 0.3) is 5.69 Å². The van der Waals surface area contributed by atoms with Crippen molar-refractivity contribution in [2.24, 2.45) is 5.10 Å². The van der Waals surface area contributed by atoms with Gasteiger partial charge in [-0.3, -0.25) is 15.2 Å². The quantitative estimate of drug-likeness (QED) is 0.403. The number of rotatable bonds is 3. The summed E-state index contributed by atoms with van der Waals surface area (Å²) in [6.45, 7) is 5.88. The van der Waals surface area contributed by atoms with Crippen LogP contribution in [0.5, 0.6) is 5.75 Å². The monoisotopic (exact) mass is 320 g/mol. The Morgan fingerprint density at radius 3 is 2.73 bits per heavy atom. The number of nitrogens with one attached hydrogen (secondary N) is 1. The number of aromatic nitrogens is 3. The van der Waals surface area contributed by atoms with Gasteiger partial charge in [0.2, 0.25) is 4.77 Å². The fourth-order valence-electron chi connectivity index (χ4n) is 1.77. The molecule has 9 heteroatoms. The summed E-state index contributed by atoms with van der Waals surface area (Å²) in [5.74, 6) is -0.0128. The number of nitro groups is 1. The molecular formula is C13H14N5O3S-. The largest absolute Gasteiger partial charge is 0.868 e. The highest BCUT2D eigenvalue weighted by molar-refractivity contribution is 7.71. The number of benzene rings is 1. The van der Waals surface area contributed by atoms with E-state index in [1.807, 2.05) is 20.8 Å². The van der Waals surface area contributed by atoms with E-state index in [9.17, 15) is 15.2 Å². The van der Waals surface area contributed by atoms with Gasteiger partial charge in [0.15, 0.2) is 5.82 Å². The first-order valence-electron chi connectivity index (χ1n) is 6.38. The molecule has 0 spiro atoms. The lowest BCUT2D eigenvalue weighted by molar-refractivity contribution is -0.398. The number of nitro benzene ring substituents is 1. The molecule has 0 fully saturated rings. The fraction of sp³-hybridized carbons (Fsp3) is 0.308. The van der Waals surface area contributed by atoms with Gasteiger partial charge < -0.3 is 5.11 Å². The Kier molecular flexibility index (Phi) is 4.09. The lowest BCUT2D eigenvalue weighted by Gasteiger charge is -2.15. The van der Waals surface area contributed by atoms with E-state index in [1.54, 1.807) is 0 Å². The molecule has 22 heavy (non-hydrogen) atoms. The second kappa shape index (κ2) is 5.68.